The molecule has 6 nitrogen and oxygen atoms in total. The molecule has 1 aliphatic rings. The third kappa shape index (κ3) is 5.16. The minimum Gasteiger partial charge on any atom is -0.354 e. The van der Waals surface area contributed by atoms with Crippen molar-refractivity contribution >= 4 is 17.7 Å². The number of amides is 3. The molecule has 0 aromatic heterocycles. The molecule has 1 heterocycles. The zero-order valence-electron chi connectivity index (χ0n) is 15.4. The molecule has 2 aromatic rings. The van der Waals surface area contributed by atoms with Gasteiger partial charge in [-0.3, -0.25) is 14.4 Å². The molecular formula is C21H22FN3O3. The highest BCUT2D eigenvalue weighted by atomic mass is 19.1. The van der Waals surface area contributed by atoms with Gasteiger partial charge in [-0.05, 0) is 29.8 Å². The molecule has 146 valence electrons. The van der Waals surface area contributed by atoms with Crippen LogP contribution in [0.15, 0.2) is 54.6 Å². The van der Waals surface area contributed by atoms with E-state index in [0.29, 0.717) is 18.7 Å². The van der Waals surface area contributed by atoms with Crippen molar-refractivity contribution in [3.63, 3.8) is 0 Å². The van der Waals surface area contributed by atoms with Gasteiger partial charge in [0.25, 0.3) is 5.91 Å². The molecule has 7 heteroatoms. The van der Waals surface area contributed by atoms with Gasteiger partial charge in [0.05, 0.1) is 5.92 Å². The maximum Gasteiger partial charge on any atom is 0.251 e. The smallest absolute Gasteiger partial charge is 0.251 e. The van der Waals surface area contributed by atoms with E-state index in [-0.39, 0.29) is 43.1 Å². The molecule has 1 saturated heterocycles. The normalized spacial score (nSPS) is 16.1. The minimum absolute atomic E-state index is 0.0337. The number of nitrogens with one attached hydrogen (secondary N) is 2. The highest BCUT2D eigenvalue weighted by Gasteiger charge is 2.33. The fourth-order valence-electron chi connectivity index (χ4n) is 3.11. The Kier molecular flexibility index (Phi) is 6.37. The lowest BCUT2D eigenvalue weighted by molar-refractivity contribution is -0.129. The second-order valence-electron chi connectivity index (χ2n) is 6.71. The van der Waals surface area contributed by atoms with Crippen LogP contribution in [0.2, 0.25) is 0 Å². The summed E-state index contributed by atoms with van der Waals surface area (Å²) in [5.41, 5.74) is 1.38. The number of carbonyl (C=O) groups excluding carboxylic acids is 3. The van der Waals surface area contributed by atoms with E-state index in [9.17, 15) is 18.8 Å². The van der Waals surface area contributed by atoms with Crippen molar-refractivity contribution in [1.82, 2.24) is 15.5 Å². The van der Waals surface area contributed by atoms with Crippen molar-refractivity contribution in [3.05, 3.63) is 71.5 Å². The molecule has 1 aliphatic heterocycles. The first kappa shape index (κ1) is 19.5. The lowest BCUT2D eigenvalue weighted by Crippen LogP contribution is -2.38. The fourth-order valence-corrected chi connectivity index (χ4v) is 3.11. The van der Waals surface area contributed by atoms with Crippen LogP contribution < -0.4 is 10.6 Å². The van der Waals surface area contributed by atoms with E-state index < -0.39 is 5.82 Å². The number of halogens is 1. The van der Waals surface area contributed by atoms with Crippen molar-refractivity contribution in [2.75, 3.05) is 19.6 Å². The number of benzene rings is 2. The summed E-state index contributed by atoms with van der Waals surface area (Å²) in [6, 6.07) is 14.9. The van der Waals surface area contributed by atoms with Gasteiger partial charge in [0.2, 0.25) is 11.8 Å². The number of carbonyl (C=O) groups is 3. The van der Waals surface area contributed by atoms with Crippen LogP contribution in [0.25, 0.3) is 0 Å². The third-order valence-electron chi connectivity index (χ3n) is 4.62. The lowest BCUT2D eigenvalue weighted by Gasteiger charge is -2.16. The van der Waals surface area contributed by atoms with Gasteiger partial charge in [0, 0.05) is 38.2 Å². The van der Waals surface area contributed by atoms with E-state index in [1.807, 2.05) is 30.3 Å². The summed E-state index contributed by atoms with van der Waals surface area (Å²) in [6.45, 7) is 1.39. The maximum atomic E-state index is 12.9. The zero-order chi connectivity index (χ0) is 19.9. The van der Waals surface area contributed by atoms with Gasteiger partial charge in [-0.25, -0.2) is 4.39 Å². The van der Waals surface area contributed by atoms with E-state index >= 15 is 0 Å². The Bertz CT molecular complexity index is 840. The van der Waals surface area contributed by atoms with Crippen LogP contribution in [0.4, 0.5) is 4.39 Å². The van der Waals surface area contributed by atoms with Crippen molar-refractivity contribution in [1.29, 1.82) is 0 Å². The Balaban J connectivity index is 1.39. The molecule has 0 aliphatic carbocycles. The number of likely N-dealkylation sites (tertiary alicyclic amines) is 1. The fraction of sp³-hybridized carbons (Fsp3) is 0.286. The van der Waals surface area contributed by atoms with Gasteiger partial charge in [0.1, 0.15) is 5.82 Å². The van der Waals surface area contributed by atoms with Crippen LogP contribution in [0.3, 0.4) is 0 Å². The average molecular weight is 383 g/mol. The summed E-state index contributed by atoms with van der Waals surface area (Å²) in [7, 11) is 0. The molecule has 0 radical (unpaired) electrons. The van der Waals surface area contributed by atoms with Crippen molar-refractivity contribution in [2.45, 2.75) is 13.0 Å². The molecule has 0 spiro atoms. The topological polar surface area (TPSA) is 78.5 Å². The molecule has 2 aromatic carbocycles. The van der Waals surface area contributed by atoms with Gasteiger partial charge in [-0.15, -0.1) is 0 Å². The Hall–Kier alpha value is -3.22. The first-order chi connectivity index (χ1) is 13.5. The number of rotatable bonds is 7. The van der Waals surface area contributed by atoms with Gasteiger partial charge in [-0.2, -0.15) is 0 Å². The second-order valence-corrected chi connectivity index (χ2v) is 6.71. The quantitative estimate of drug-likeness (QED) is 0.715. The average Bonchev–Trinajstić information content (AvgIpc) is 3.07. The minimum atomic E-state index is -0.406. The first-order valence-corrected chi connectivity index (χ1v) is 9.16. The Morgan fingerprint density at radius 3 is 2.39 bits per heavy atom. The molecular weight excluding hydrogens is 361 g/mol. The Morgan fingerprint density at radius 1 is 1.00 bits per heavy atom. The molecule has 2 N–H and O–H groups in total. The Labute approximate surface area is 162 Å². The van der Waals surface area contributed by atoms with E-state index in [0.717, 1.165) is 5.56 Å². The highest BCUT2D eigenvalue weighted by Crippen LogP contribution is 2.20. The molecule has 0 bridgehead atoms. The van der Waals surface area contributed by atoms with Crippen LogP contribution in [0.5, 0.6) is 0 Å². The summed E-state index contributed by atoms with van der Waals surface area (Å²) in [4.78, 5) is 38.1. The number of hydrogen-bond donors (Lipinski definition) is 2. The van der Waals surface area contributed by atoms with Crippen molar-refractivity contribution < 1.29 is 18.8 Å². The van der Waals surface area contributed by atoms with Crippen molar-refractivity contribution in [2.24, 2.45) is 5.92 Å². The maximum absolute atomic E-state index is 12.9. The molecule has 28 heavy (non-hydrogen) atoms. The molecule has 1 atom stereocenters. The SMILES string of the molecule is O=C(NCCNC(=O)C1CC(=O)N(Cc2ccccc2)C1)c1ccc(F)cc1. The van der Waals surface area contributed by atoms with Crippen LogP contribution in [0, 0.1) is 11.7 Å². The van der Waals surface area contributed by atoms with Crippen LogP contribution >= 0.6 is 0 Å². The van der Waals surface area contributed by atoms with Gasteiger partial charge in [-0.1, -0.05) is 30.3 Å². The van der Waals surface area contributed by atoms with E-state index in [2.05, 4.69) is 10.6 Å². The largest absolute Gasteiger partial charge is 0.354 e. The summed E-state index contributed by atoms with van der Waals surface area (Å²) in [6.07, 6.45) is 0.195. The van der Waals surface area contributed by atoms with E-state index in [1.54, 1.807) is 4.90 Å². The summed E-state index contributed by atoms with van der Waals surface area (Å²) >= 11 is 0. The highest BCUT2D eigenvalue weighted by molar-refractivity contribution is 5.94. The third-order valence-corrected chi connectivity index (χ3v) is 4.62. The summed E-state index contributed by atoms with van der Waals surface area (Å²) in [5, 5.41) is 5.41. The molecule has 1 fully saturated rings. The van der Waals surface area contributed by atoms with E-state index in [4.69, 9.17) is 0 Å². The number of hydrogen-bond acceptors (Lipinski definition) is 3. The summed E-state index contributed by atoms with van der Waals surface area (Å²) < 4.78 is 12.9. The van der Waals surface area contributed by atoms with Gasteiger partial charge in [0.15, 0.2) is 0 Å². The van der Waals surface area contributed by atoms with Crippen LogP contribution in [-0.4, -0.2) is 42.3 Å². The van der Waals surface area contributed by atoms with Crippen LogP contribution in [0.1, 0.15) is 22.3 Å². The summed E-state index contributed by atoms with van der Waals surface area (Å²) in [5.74, 6) is -1.35. The van der Waals surface area contributed by atoms with E-state index in [1.165, 1.54) is 24.3 Å². The van der Waals surface area contributed by atoms with Crippen molar-refractivity contribution in [3.8, 4) is 0 Å². The molecule has 3 rings (SSSR count). The molecule has 3 amide bonds. The predicted octanol–water partition coefficient (Wildman–Crippen LogP) is 1.72. The first-order valence-electron chi connectivity index (χ1n) is 9.16. The van der Waals surface area contributed by atoms with Gasteiger partial charge >= 0.3 is 0 Å². The van der Waals surface area contributed by atoms with Crippen LogP contribution in [-0.2, 0) is 16.1 Å². The number of nitrogens with zero attached hydrogens (tertiary/aromatic N) is 1. The zero-order valence-corrected chi connectivity index (χ0v) is 15.4. The molecule has 0 saturated carbocycles. The predicted molar refractivity (Wildman–Crippen MR) is 102 cm³/mol. The Morgan fingerprint density at radius 2 is 1.68 bits per heavy atom. The molecule has 1 unspecified atom stereocenters. The second kappa shape index (κ2) is 9.12. The van der Waals surface area contributed by atoms with Gasteiger partial charge < -0.3 is 15.5 Å². The standard InChI is InChI=1S/C21H22FN3O3/c22-18-8-6-16(7-9-18)20(27)23-10-11-24-21(28)17-12-19(26)25(14-17)13-15-4-2-1-3-5-15/h1-9,17H,10-14H2,(H,23,27)(H,24,28). The monoisotopic (exact) mass is 383 g/mol. The lowest BCUT2D eigenvalue weighted by atomic mass is 10.1.